The molecule has 0 saturated heterocycles. The first-order valence-corrected chi connectivity index (χ1v) is 7.17. The van der Waals surface area contributed by atoms with E-state index in [0.29, 0.717) is 21.8 Å². The van der Waals surface area contributed by atoms with Crippen molar-refractivity contribution in [3.05, 3.63) is 64.7 Å². The summed E-state index contributed by atoms with van der Waals surface area (Å²) in [5.74, 6) is -1.13. The summed E-state index contributed by atoms with van der Waals surface area (Å²) in [5, 5.41) is 3.08. The Balaban J connectivity index is 1.86. The molecule has 0 atom stereocenters. The molecule has 0 aliphatic heterocycles. The molecule has 23 heavy (non-hydrogen) atoms. The molecule has 1 amide bonds. The normalized spacial score (nSPS) is 10.0. The van der Waals surface area contributed by atoms with Gasteiger partial charge in [0.2, 0.25) is 0 Å². The minimum Gasteiger partial charge on any atom is -0.452 e. The maximum Gasteiger partial charge on any atom is 0.338 e. The number of esters is 1. The van der Waals surface area contributed by atoms with Gasteiger partial charge in [-0.25, -0.2) is 4.79 Å². The van der Waals surface area contributed by atoms with Gasteiger partial charge in [-0.2, -0.15) is 0 Å². The zero-order valence-corrected chi connectivity index (χ0v) is 13.1. The van der Waals surface area contributed by atoms with E-state index in [1.165, 1.54) is 19.1 Å². The molecular formula is C17H14ClNO4. The minimum absolute atomic E-state index is 0.0558. The van der Waals surface area contributed by atoms with Gasteiger partial charge in [-0.1, -0.05) is 11.6 Å². The molecule has 0 aromatic heterocycles. The van der Waals surface area contributed by atoms with Gasteiger partial charge in [0.1, 0.15) is 0 Å². The topological polar surface area (TPSA) is 72.5 Å². The molecule has 118 valence electrons. The lowest BCUT2D eigenvalue weighted by Crippen LogP contribution is -2.20. The number of amides is 1. The van der Waals surface area contributed by atoms with Crippen LogP contribution >= 0.6 is 11.6 Å². The molecule has 0 radical (unpaired) electrons. The number of Topliss-reactive ketones (excluding diaryl/α,β-unsaturated/α-hetero) is 1. The fraction of sp³-hybridized carbons (Fsp3) is 0.118. The predicted octanol–water partition coefficient (Wildman–Crippen LogP) is 3.34. The number of nitrogens with one attached hydrogen (secondary N) is 1. The summed E-state index contributed by atoms with van der Waals surface area (Å²) in [5.41, 5.74) is 1.38. The highest BCUT2D eigenvalue weighted by Crippen LogP contribution is 2.11. The molecule has 0 spiro atoms. The van der Waals surface area contributed by atoms with Gasteiger partial charge in [0.15, 0.2) is 12.4 Å². The third-order valence-electron chi connectivity index (χ3n) is 2.99. The summed E-state index contributed by atoms with van der Waals surface area (Å²) < 4.78 is 4.92. The van der Waals surface area contributed by atoms with E-state index < -0.39 is 18.5 Å². The van der Waals surface area contributed by atoms with Gasteiger partial charge in [-0.05, 0) is 55.5 Å². The van der Waals surface area contributed by atoms with Crippen LogP contribution in [-0.4, -0.2) is 24.3 Å². The van der Waals surface area contributed by atoms with Crippen LogP contribution < -0.4 is 5.32 Å². The molecule has 5 nitrogen and oxygen atoms in total. The largest absolute Gasteiger partial charge is 0.452 e. The molecule has 2 aromatic carbocycles. The Morgan fingerprint density at radius 2 is 1.52 bits per heavy atom. The number of carbonyl (C=O) groups excluding carboxylic acids is 3. The average molecular weight is 332 g/mol. The van der Waals surface area contributed by atoms with Crippen molar-refractivity contribution >= 4 is 34.9 Å². The Morgan fingerprint density at radius 1 is 0.957 bits per heavy atom. The molecule has 0 heterocycles. The van der Waals surface area contributed by atoms with Crippen LogP contribution in [-0.2, 0) is 9.53 Å². The predicted molar refractivity (Wildman–Crippen MR) is 86.8 cm³/mol. The molecule has 2 rings (SSSR count). The van der Waals surface area contributed by atoms with E-state index in [1.54, 1.807) is 36.4 Å². The number of anilines is 1. The van der Waals surface area contributed by atoms with Crippen molar-refractivity contribution in [2.75, 3.05) is 11.9 Å². The van der Waals surface area contributed by atoms with Crippen LogP contribution in [0.15, 0.2) is 48.5 Å². The second-order valence-corrected chi connectivity index (χ2v) is 5.20. The number of ether oxygens (including phenoxy) is 1. The highest BCUT2D eigenvalue weighted by molar-refractivity contribution is 6.30. The van der Waals surface area contributed by atoms with Gasteiger partial charge in [-0.15, -0.1) is 0 Å². The molecule has 0 saturated carbocycles. The van der Waals surface area contributed by atoms with Crippen LogP contribution in [0.2, 0.25) is 5.02 Å². The van der Waals surface area contributed by atoms with Crippen molar-refractivity contribution in [3.8, 4) is 0 Å². The number of hydrogen-bond donors (Lipinski definition) is 1. The lowest BCUT2D eigenvalue weighted by atomic mass is 10.1. The SMILES string of the molecule is CC(=O)c1ccc(NC(=O)COC(=O)c2ccc(Cl)cc2)cc1. The first-order valence-electron chi connectivity index (χ1n) is 6.79. The molecule has 0 aliphatic carbocycles. The quantitative estimate of drug-likeness (QED) is 0.673. The van der Waals surface area contributed by atoms with Crippen molar-refractivity contribution < 1.29 is 19.1 Å². The van der Waals surface area contributed by atoms with E-state index in [1.807, 2.05) is 0 Å². The van der Waals surface area contributed by atoms with Crippen LogP contribution in [0.4, 0.5) is 5.69 Å². The summed E-state index contributed by atoms with van der Waals surface area (Å²) in [6.07, 6.45) is 0. The molecule has 0 aliphatic rings. The van der Waals surface area contributed by atoms with E-state index in [9.17, 15) is 14.4 Å². The van der Waals surface area contributed by atoms with Crippen LogP contribution in [0, 0.1) is 0 Å². The zero-order chi connectivity index (χ0) is 16.8. The zero-order valence-electron chi connectivity index (χ0n) is 12.3. The molecule has 1 N–H and O–H groups in total. The Kier molecular flexibility index (Phi) is 5.49. The summed E-state index contributed by atoms with van der Waals surface area (Å²) in [6, 6.07) is 12.6. The second kappa shape index (κ2) is 7.56. The molecule has 0 bridgehead atoms. The molecular weight excluding hydrogens is 318 g/mol. The Morgan fingerprint density at radius 3 is 2.09 bits per heavy atom. The van der Waals surface area contributed by atoms with Crippen LogP contribution in [0.5, 0.6) is 0 Å². The van der Waals surface area contributed by atoms with Gasteiger partial charge in [0.05, 0.1) is 5.56 Å². The van der Waals surface area contributed by atoms with E-state index in [2.05, 4.69) is 5.32 Å². The highest BCUT2D eigenvalue weighted by Gasteiger charge is 2.10. The third kappa shape index (κ3) is 4.93. The fourth-order valence-corrected chi connectivity index (χ4v) is 1.91. The highest BCUT2D eigenvalue weighted by atomic mass is 35.5. The summed E-state index contributed by atoms with van der Waals surface area (Å²) in [7, 11) is 0. The lowest BCUT2D eigenvalue weighted by molar-refractivity contribution is -0.119. The minimum atomic E-state index is -0.608. The van der Waals surface area contributed by atoms with Crippen molar-refractivity contribution in [1.29, 1.82) is 0 Å². The van der Waals surface area contributed by atoms with E-state index >= 15 is 0 Å². The van der Waals surface area contributed by atoms with Crippen molar-refractivity contribution in [2.45, 2.75) is 6.92 Å². The monoisotopic (exact) mass is 331 g/mol. The summed E-state index contributed by atoms with van der Waals surface area (Å²) >= 11 is 5.73. The van der Waals surface area contributed by atoms with Gasteiger partial charge >= 0.3 is 5.97 Å². The van der Waals surface area contributed by atoms with Gasteiger partial charge in [-0.3, -0.25) is 9.59 Å². The van der Waals surface area contributed by atoms with Crippen LogP contribution in [0.25, 0.3) is 0 Å². The average Bonchev–Trinajstić information content (AvgIpc) is 2.54. The fourth-order valence-electron chi connectivity index (χ4n) is 1.79. The van der Waals surface area contributed by atoms with Crippen LogP contribution in [0.1, 0.15) is 27.6 Å². The smallest absolute Gasteiger partial charge is 0.338 e. The van der Waals surface area contributed by atoms with E-state index in [4.69, 9.17) is 16.3 Å². The molecule has 6 heteroatoms. The van der Waals surface area contributed by atoms with Crippen molar-refractivity contribution in [3.63, 3.8) is 0 Å². The maximum absolute atomic E-state index is 11.7. The third-order valence-corrected chi connectivity index (χ3v) is 3.24. The number of ketones is 1. The lowest BCUT2D eigenvalue weighted by Gasteiger charge is -2.07. The Bertz CT molecular complexity index is 723. The molecule has 0 unspecified atom stereocenters. The number of hydrogen-bond acceptors (Lipinski definition) is 4. The first-order chi connectivity index (χ1) is 11.0. The maximum atomic E-state index is 11.7. The second-order valence-electron chi connectivity index (χ2n) is 4.76. The standard InChI is InChI=1S/C17H14ClNO4/c1-11(20)12-4-8-15(9-5-12)19-16(21)10-23-17(22)13-2-6-14(18)7-3-13/h2-9H,10H2,1H3,(H,19,21). The Hall–Kier alpha value is -2.66. The first kappa shape index (κ1) is 16.7. The van der Waals surface area contributed by atoms with Gasteiger partial charge in [0.25, 0.3) is 5.91 Å². The van der Waals surface area contributed by atoms with Gasteiger partial charge < -0.3 is 10.1 Å². The van der Waals surface area contributed by atoms with Crippen molar-refractivity contribution in [1.82, 2.24) is 0 Å². The summed E-state index contributed by atoms with van der Waals surface area (Å²) in [6.45, 7) is 1.06. The number of halogens is 1. The van der Waals surface area contributed by atoms with E-state index in [0.717, 1.165) is 0 Å². The number of carbonyl (C=O) groups is 3. The Labute approximate surface area is 138 Å². The number of rotatable bonds is 5. The molecule has 0 fully saturated rings. The van der Waals surface area contributed by atoms with E-state index in [-0.39, 0.29) is 5.78 Å². The molecule has 2 aromatic rings. The summed E-state index contributed by atoms with van der Waals surface area (Å²) in [4.78, 5) is 34.7. The number of benzene rings is 2. The van der Waals surface area contributed by atoms with Crippen molar-refractivity contribution in [2.24, 2.45) is 0 Å². The van der Waals surface area contributed by atoms with Crippen LogP contribution in [0.3, 0.4) is 0 Å². The van der Waals surface area contributed by atoms with Gasteiger partial charge in [0, 0.05) is 16.3 Å².